The van der Waals surface area contributed by atoms with Crippen LogP contribution in [0.2, 0.25) is 0 Å². The lowest BCUT2D eigenvalue weighted by Gasteiger charge is -2.13. The molecule has 2 aromatic carbocycles. The van der Waals surface area contributed by atoms with Crippen LogP contribution in [0.5, 0.6) is 11.5 Å². The van der Waals surface area contributed by atoms with Crippen molar-refractivity contribution in [2.45, 2.75) is 39.0 Å². The van der Waals surface area contributed by atoms with Crippen molar-refractivity contribution in [1.29, 1.82) is 0 Å². The van der Waals surface area contributed by atoms with E-state index in [4.69, 9.17) is 14.5 Å². The van der Waals surface area contributed by atoms with Crippen LogP contribution in [-0.4, -0.2) is 11.8 Å². The van der Waals surface area contributed by atoms with Crippen molar-refractivity contribution in [1.82, 2.24) is 4.98 Å². The fourth-order valence-corrected chi connectivity index (χ4v) is 3.31. The van der Waals surface area contributed by atoms with Gasteiger partial charge in [-0.05, 0) is 59.7 Å². The van der Waals surface area contributed by atoms with Crippen molar-refractivity contribution < 1.29 is 9.47 Å². The SMILES string of the molecule is CC(C)c1ccc2nc(CC(C)c3ccc4c(c3)OCO4)ccc2c1. The molecule has 1 unspecified atom stereocenters. The van der Waals surface area contributed by atoms with E-state index in [0.29, 0.717) is 18.6 Å². The van der Waals surface area contributed by atoms with E-state index in [1.807, 2.05) is 6.07 Å². The number of hydrogen-bond donors (Lipinski definition) is 0. The van der Waals surface area contributed by atoms with Crippen LogP contribution in [-0.2, 0) is 6.42 Å². The molecule has 0 aliphatic carbocycles. The molecule has 2 heterocycles. The second-order valence-electron chi connectivity index (χ2n) is 7.13. The van der Waals surface area contributed by atoms with Crippen molar-refractivity contribution >= 4 is 10.9 Å². The van der Waals surface area contributed by atoms with Gasteiger partial charge in [-0.15, -0.1) is 0 Å². The normalized spacial score (nSPS) is 14.2. The molecule has 0 saturated heterocycles. The van der Waals surface area contributed by atoms with Crippen LogP contribution < -0.4 is 9.47 Å². The minimum absolute atomic E-state index is 0.317. The quantitative estimate of drug-likeness (QED) is 0.637. The Morgan fingerprint density at radius 1 is 0.880 bits per heavy atom. The smallest absolute Gasteiger partial charge is 0.231 e. The van der Waals surface area contributed by atoms with Crippen LogP contribution in [0.3, 0.4) is 0 Å². The topological polar surface area (TPSA) is 31.4 Å². The van der Waals surface area contributed by atoms with E-state index in [1.165, 1.54) is 16.5 Å². The highest BCUT2D eigenvalue weighted by molar-refractivity contribution is 5.79. The highest BCUT2D eigenvalue weighted by Gasteiger charge is 2.16. The molecule has 1 aromatic heterocycles. The van der Waals surface area contributed by atoms with E-state index < -0.39 is 0 Å². The zero-order chi connectivity index (χ0) is 17.4. The number of pyridine rings is 1. The third-order valence-electron chi connectivity index (χ3n) is 4.92. The predicted octanol–water partition coefficient (Wildman–Crippen LogP) is 5.43. The van der Waals surface area contributed by atoms with E-state index >= 15 is 0 Å². The maximum absolute atomic E-state index is 5.49. The fourth-order valence-electron chi connectivity index (χ4n) is 3.31. The number of rotatable bonds is 4. The summed E-state index contributed by atoms with van der Waals surface area (Å²) < 4.78 is 10.9. The van der Waals surface area contributed by atoms with Crippen LogP contribution >= 0.6 is 0 Å². The van der Waals surface area contributed by atoms with Crippen LogP contribution in [0.15, 0.2) is 48.5 Å². The molecule has 1 aliphatic heterocycles. The van der Waals surface area contributed by atoms with Gasteiger partial charge < -0.3 is 9.47 Å². The first kappa shape index (κ1) is 15.9. The Morgan fingerprint density at radius 2 is 1.68 bits per heavy atom. The fraction of sp³-hybridized carbons (Fsp3) is 0.318. The number of benzene rings is 2. The minimum atomic E-state index is 0.317. The van der Waals surface area contributed by atoms with Gasteiger partial charge in [0, 0.05) is 11.1 Å². The average Bonchev–Trinajstić information content (AvgIpc) is 3.08. The Kier molecular flexibility index (Phi) is 4.08. The molecule has 3 aromatic rings. The lowest BCUT2D eigenvalue weighted by atomic mass is 9.95. The molecular weight excluding hydrogens is 310 g/mol. The average molecular weight is 333 g/mol. The Balaban J connectivity index is 1.56. The van der Waals surface area contributed by atoms with E-state index in [0.717, 1.165) is 29.1 Å². The Hall–Kier alpha value is -2.55. The first-order valence-corrected chi connectivity index (χ1v) is 8.89. The minimum Gasteiger partial charge on any atom is -0.454 e. The third kappa shape index (κ3) is 3.19. The van der Waals surface area contributed by atoms with Gasteiger partial charge in [-0.2, -0.15) is 0 Å². The van der Waals surface area contributed by atoms with Gasteiger partial charge in [0.15, 0.2) is 11.5 Å². The van der Waals surface area contributed by atoms with Crippen molar-refractivity contribution in [3.8, 4) is 11.5 Å². The molecule has 0 bridgehead atoms. The zero-order valence-corrected chi connectivity index (χ0v) is 15.0. The number of aromatic nitrogens is 1. The summed E-state index contributed by atoms with van der Waals surface area (Å²) in [5.74, 6) is 2.59. The largest absolute Gasteiger partial charge is 0.454 e. The summed E-state index contributed by atoms with van der Waals surface area (Å²) in [6.45, 7) is 6.98. The van der Waals surface area contributed by atoms with Gasteiger partial charge >= 0.3 is 0 Å². The molecule has 3 nitrogen and oxygen atoms in total. The van der Waals surface area contributed by atoms with Crippen molar-refractivity contribution in [2.24, 2.45) is 0 Å². The van der Waals surface area contributed by atoms with Crippen LogP contribution in [0, 0.1) is 0 Å². The number of ether oxygens (including phenoxy) is 2. The van der Waals surface area contributed by atoms with E-state index in [9.17, 15) is 0 Å². The number of hydrogen-bond acceptors (Lipinski definition) is 3. The molecule has 3 heteroatoms. The first-order valence-electron chi connectivity index (χ1n) is 8.89. The maximum atomic E-state index is 5.49. The summed E-state index contributed by atoms with van der Waals surface area (Å²) in [5.41, 5.74) is 4.80. The van der Waals surface area contributed by atoms with Gasteiger partial charge in [0.1, 0.15) is 0 Å². The molecule has 1 atom stereocenters. The Labute approximate surface area is 148 Å². The molecule has 4 rings (SSSR count). The van der Waals surface area contributed by atoms with Gasteiger partial charge in [0.25, 0.3) is 0 Å². The molecule has 128 valence electrons. The molecule has 0 spiro atoms. The zero-order valence-electron chi connectivity index (χ0n) is 15.0. The van der Waals surface area contributed by atoms with Gasteiger partial charge in [0.05, 0.1) is 5.52 Å². The van der Waals surface area contributed by atoms with E-state index in [-0.39, 0.29) is 0 Å². The highest BCUT2D eigenvalue weighted by Crippen LogP contribution is 2.35. The molecule has 0 saturated carbocycles. The van der Waals surface area contributed by atoms with E-state index in [2.05, 4.69) is 63.2 Å². The molecule has 25 heavy (non-hydrogen) atoms. The lowest BCUT2D eigenvalue weighted by molar-refractivity contribution is 0.174. The number of fused-ring (bicyclic) bond motifs is 2. The summed E-state index contributed by atoms with van der Waals surface area (Å²) in [7, 11) is 0. The van der Waals surface area contributed by atoms with Crippen LogP contribution in [0.4, 0.5) is 0 Å². The van der Waals surface area contributed by atoms with Crippen molar-refractivity contribution in [3.63, 3.8) is 0 Å². The molecule has 0 N–H and O–H groups in total. The van der Waals surface area contributed by atoms with Gasteiger partial charge in [-0.1, -0.05) is 39.0 Å². The highest BCUT2D eigenvalue weighted by atomic mass is 16.7. The summed E-state index contributed by atoms with van der Waals surface area (Å²) in [6.07, 6.45) is 0.904. The molecular formula is C22H23NO2. The second-order valence-corrected chi connectivity index (χ2v) is 7.13. The van der Waals surface area contributed by atoms with E-state index in [1.54, 1.807) is 0 Å². The monoisotopic (exact) mass is 333 g/mol. The standard InChI is InChI=1S/C22H23NO2/c1-14(2)16-5-8-20-18(11-16)4-7-19(23-20)10-15(3)17-6-9-21-22(12-17)25-13-24-21/h4-9,11-12,14-15H,10,13H2,1-3H3. The molecule has 0 radical (unpaired) electrons. The van der Waals surface area contributed by atoms with Gasteiger partial charge in [-0.3, -0.25) is 4.98 Å². The van der Waals surface area contributed by atoms with Crippen LogP contribution in [0.1, 0.15) is 49.4 Å². The summed E-state index contributed by atoms with van der Waals surface area (Å²) in [6, 6.07) is 17.1. The van der Waals surface area contributed by atoms with Crippen molar-refractivity contribution in [3.05, 3.63) is 65.4 Å². The molecule has 1 aliphatic rings. The summed E-state index contributed by atoms with van der Waals surface area (Å²) in [5, 5.41) is 1.21. The first-order chi connectivity index (χ1) is 12.1. The van der Waals surface area contributed by atoms with Crippen LogP contribution in [0.25, 0.3) is 10.9 Å². The molecule has 0 fully saturated rings. The summed E-state index contributed by atoms with van der Waals surface area (Å²) >= 11 is 0. The Morgan fingerprint density at radius 3 is 2.52 bits per heavy atom. The van der Waals surface area contributed by atoms with Gasteiger partial charge in [-0.25, -0.2) is 0 Å². The molecule has 0 amide bonds. The lowest BCUT2D eigenvalue weighted by Crippen LogP contribution is -2.01. The third-order valence-corrected chi connectivity index (χ3v) is 4.92. The second kappa shape index (κ2) is 6.40. The predicted molar refractivity (Wildman–Crippen MR) is 101 cm³/mol. The Bertz CT molecular complexity index is 917. The maximum Gasteiger partial charge on any atom is 0.231 e. The van der Waals surface area contributed by atoms with Gasteiger partial charge in [0.2, 0.25) is 6.79 Å². The summed E-state index contributed by atoms with van der Waals surface area (Å²) in [4.78, 5) is 4.86. The number of nitrogens with zero attached hydrogens (tertiary/aromatic N) is 1. The van der Waals surface area contributed by atoms with Crippen molar-refractivity contribution in [2.75, 3.05) is 6.79 Å².